The zero-order valence-electron chi connectivity index (χ0n) is 11.2. The van der Waals surface area contributed by atoms with Crippen molar-refractivity contribution in [3.8, 4) is 0 Å². The number of carbonyl (C=O) groups excluding carboxylic acids is 1. The highest BCUT2D eigenvalue weighted by Crippen LogP contribution is 2.35. The van der Waals surface area contributed by atoms with E-state index in [1.807, 2.05) is 25.7 Å². The Morgan fingerprint density at radius 2 is 2.12 bits per heavy atom. The molecule has 0 aromatic carbocycles. The quantitative estimate of drug-likeness (QED) is 0.802. The van der Waals surface area contributed by atoms with Crippen molar-refractivity contribution in [1.29, 1.82) is 0 Å². The first-order chi connectivity index (χ1) is 7.96. The molecule has 0 aromatic rings. The zero-order chi connectivity index (χ0) is 12.5. The number of amides is 1. The van der Waals surface area contributed by atoms with Gasteiger partial charge in [-0.25, -0.2) is 4.79 Å². The molecule has 1 unspecified atom stereocenters. The van der Waals surface area contributed by atoms with Gasteiger partial charge in [0.15, 0.2) is 0 Å². The Morgan fingerprint density at radius 1 is 1.41 bits per heavy atom. The lowest BCUT2D eigenvalue weighted by Crippen LogP contribution is -2.54. The molecule has 0 aromatic heterocycles. The fourth-order valence-corrected chi connectivity index (χ4v) is 2.27. The molecule has 0 bridgehead atoms. The summed E-state index contributed by atoms with van der Waals surface area (Å²) >= 11 is 0. The molecule has 1 atom stereocenters. The molecule has 2 aliphatic rings. The van der Waals surface area contributed by atoms with E-state index in [0.717, 1.165) is 32.0 Å². The van der Waals surface area contributed by atoms with Crippen LogP contribution < -0.4 is 5.32 Å². The number of hydrogen-bond acceptors (Lipinski definition) is 3. The van der Waals surface area contributed by atoms with E-state index in [2.05, 4.69) is 5.32 Å². The van der Waals surface area contributed by atoms with Crippen molar-refractivity contribution in [2.75, 3.05) is 19.6 Å². The van der Waals surface area contributed by atoms with Crippen LogP contribution in [0, 0.1) is 5.92 Å². The van der Waals surface area contributed by atoms with E-state index < -0.39 is 5.60 Å². The molecule has 1 N–H and O–H groups in total. The summed E-state index contributed by atoms with van der Waals surface area (Å²) < 4.78 is 5.47. The maximum absolute atomic E-state index is 12.1. The monoisotopic (exact) mass is 240 g/mol. The van der Waals surface area contributed by atoms with E-state index in [-0.39, 0.29) is 6.09 Å². The maximum Gasteiger partial charge on any atom is 0.410 e. The number of nitrogens with zero attached hydrogens (tertiary/aromatic N) is 1. The summed E-state index contributed by atoms with van der Waals surface area (Å²) in [5.41, 5.74) is -0.397. The van der Waals surface area contributed by atoms with Crippen LogP contribution in [0.5, 0.6) is 0 Å². The van der Waals surface area contributed by atoms with Gasteiger partial charge >= 0.3 is 6.09 Å². The van der Waals surface area contributed by atoms with Crippen LogP contribution in [-0.4, -0.2) is 42.3 Å². The maximum atomic E-state index is 12.1. The van der Waals surface area contributed by atoms with Gasteiger partial charge in [-0.1, -0.05) is 12.8 Å². The molecular weight excluding hydrogens is 216 g/mol. The van der Waals surface area contributed by atoms with Crippen LogP contribution in [0.4, 0.5) is 4.79 Å². The van der Waals surface area contributed by atoms with E-state index in [0.29, 0.717) is 6.04 Å². The van der Waals surface area contributed by atoms with Gasteiger partial charge in [0.25, 0.3) is 0 Å². The van der Waals surface area contributed by atoms with E-state index in [1.54, 1.807) is 0 Å². The summed E-state index contributed by atoms with van der Waals surface area (Å²) in [6, 6.07) is 0.325. The molecule has 1 saturated heterocycles. The third kappa shape index (κ3) is 3.87. The van der Waals surface area contributed by atoms with Crippen LogP contribution in [0.2, 0.25) is 0 Å². The van der Waals surface area contributed by atoms with Crippen LogP contribution in [0.3, 0.4) is 0 Å². The first-order valence-corrected chi connectivity index (χ1v) is 6.66. The number of carbonyl (C=O) groups is 1. The fourth-order valence-electron chi connectivity index (χ4n) is 2.27. The van der Waals surface area contributed by atoms with E-state index >= 15 is 0 Å². The highest BCUT2D eigenvalue weighted by Gasteiger charge is 2.34. The summed E-state index contributed by atoms with van der Waals surface area (Å²) in [6.07, 6.45) is 3.65. The Labute approximate surface area is 104 Å². The van der Waals surface area contributed by atoms with Crippen LogP contribution in [0.25, 0.3) is 0 Å². The smallest absolute Gasteiger partial charge is 0.410 e. The minimum Gasteiger partial charge on any atom is -0.444 e. The molecule has 1 aliphatic heterocycles. The van der Waals surface area contributed by atoms with Gasteiger partial charge in [-0.15, -0.1) is 0 Å². The Bertz CT molecular complexity index is 282. The normalized spacial score (nSPS) is 25.8. The second kappa shape index (κ2) is 4.84. The van der Waals surface area contributed by atoms with Gasteiger partial charge in [0.2, 0.25) is 0 Å². The molecule has 1 saturated carbocycles. The van der Waals surface area contributed by atoms with Gasteiger partial charge in [-0.2, -0.15) is 0 Å². The Kier molecular flexibility index (Phi) is 3.61. The van der Waals surface area contributed by atoms with Crippen molar-refractivity contribution in [2.24, 2.45) is 5.92 Å². The first-order valence-electron chi connectivity index (χ1n) is 6.66. The molecule has 1 amide bonds. The number of piperazine rings is 1. The molecule has 0 radical (unpaired) electrons. The lowest BCUT2D eigenvalue weighted by Gasteiger charge is -2.37. The van der Waals surface area contributed by atoms with E-state index in [4.69, 9.17) is 4.74 Å². The zero-order valence-corrected chi connectivity index (χ0v) is 11.2. The van der Waals surface area contributed by atoms with Gasteiger partial charge in [0, 0.05) is 25.7 Å². The topological polar surface area (TPSA) is 41.6 Å². The minimum absolute atomic E-state index is 0.148. The third-order valence-corrected chi connectivity index (χ3v) is 3.28. The fraction of sp³-hybridized carbons (Fsp3) is 0.923. The molecule has 2 rings (SSSR count). The largest absolute Gasteiger partial charge is 0.444 e. The summed E-state index contributed by atoms with van der Waals surface area (Å²) in [5, 5.41) is 3.37. The lowest BCUT2D eigenvalue weighted by atomic mass is 10.1. The standard InChI is InChI=1S/C13H24N2O2/c1-13(2,3)17-12(16)15-7-6-14-9-11(15)8-10-4-5-10/h10-11,14H,4-9H2,1-3H3. The van der Waals surface area contributed by atoms with Crippen molar-refractivity contribution in [1.82, 2.24) is 10.2 Å². The van der Waals surface area contributed by atoms with Gasteiger partial charge in [0.1, 0.15) is 5.60 Å². The molecule has 2 fully saturated rings. The summed E-state index contributed by atoms with van der Waals surface area (Å²) in [7, 11) is 0. The molecule has 98 valence electrons. The SMILES string of the molecule is CC(C)(C)OC(=O)N1CCNCC1CC1CC1. The highest BCUT2D eigenvalue weighted by atomic mass is 16.6. The Balaban J connectivity index is 1.92. The first kappa shape index (κ1) is 12.7. The number of hydrogen-bond donors (Lipinski definition) is 1. The van der Waals surface area contributed by atoms with Crippen LogP contribution >= 0.6 is 0 Å². The van der Waals surface area contributed by atoms with Crippen molar-refractivity contribution in [3.05, 3.63) is 0 Å². The van der Waals surface area contributed by atoms with Gasteiger partial charge < -0.3 is 15.0 Å². The minimum atomic E-state index is -0.397. The molecular formula is C13H24N2O2. The van der Waals surface area contributed by atoms with Gasteiger partial charge in [-0.3, -0.25) is 0 Å². The molecule has 0 spiro atoms. The van der Waals surface area contributed by atoms with Crippen molar-refractivity contribution < 1.29 is 9.53 Å². The highest BCUT2D eigenvalue weighted by molar-refractivity contribution is 5.68. The van der Waals surface area contributed by atoms with E-state index in [9.17, 15) is 4.79 Å². The summed E-state index contributed by atoms with van der Waals surface area (Å²) in [4.78, 5) is 14.0. The van der Waals surface area contributed by atoms with Crippen molar-refractivity contribution in [3.63, 3.8) is 0 Å². The van der Waals surface area contributed by atoms with Crippen LogP contribution in [-0.2, 0) is 4.74 Å². The number of ether oxygens (including phenoxy) is 1. The lowest BCUT2D eigenvalue weighted by molar-refractivity contribution is 0.0106. The Hall–Kier alpha value is -0.770. The number of nitrogens with one attached hydrogen (secondary N) is 1. The number of rotatable bonds is 2. The molecule has 1 aliphatic carbocycles. The summed E-state index contributed by atoms with van der Waals surface area (Å²) in [5.74, 6) is 0.838. The summed E-state index contributed by atoms with van der Waals surface area (Å²) in [6.45, 7) is 8.32. The Morgan fingerprint density at radius 3 is 2.71 bits per heavy atom. The predicted molar refractivity (Wildman–Crippen MR) is 66.9 cm³/mol. The van der Waals surface area contributed by atoms with Crippen molar-refractivity contribution in [2.45, 2.75) is 51.7 Å². The second-order valence-corrected chi connectivity index (χ2v) is 6.21. The van der Waals surface area contributed by atoms with Gasteiger partial charge in [-0.05, 0) is 33.1 Å². The average Bonchev–Trinajstić information content (AvgIpc) is 3.00. The third-order valence-electron chi connectivity index (χ3n) is 3.28. The second-order valence-electron chi connectivity index (χ2n) is 6.21. The molecule has 1 heterocycles. The van der Waals surface area contributed by atoms with E-state index in [1.165, 1.54) is 12.8 Å². The van der Waals surface area contributed by atoms with Crippen LogP contribution in [0.1, 0.15) is 40.0 Å². The van der Waals surface area contributed by atoms with Crippen molar-refractivity contribution >= 4 is 6.09 Å². The van der Waals surface area contributed by atoms with Crippen LogP contribution in [0.15, 0.2) is 0 Å². The molecule has 4 heteroatoms. The predicted octanol–water partition coefficient (Wildman–Crippen LogP) is 2.00. The molecule has 4 nitrogen and oxygen atoms in total. The molecule has 17 heavy (non-hydrogen) atoms. The average molecular weight is 240 g/mol. The van der Waals surface area contributed by atoms with Gasteiger partial charge in [0.05, 0.1) is 0 Å².